The molecule has 1 aliphatic heterocycles. The van der Waals surface area contributed by atoms with Crippen LogP contribution in [0.5, 0.6) is 0 Å². The summed E-state index contributed by atoms with van der Waals surface area (Å²) in [6.45, 7) is 6.43. The molecule has 2 heteroatoms. The molecular formula is C18H34N2. The van der Waals surface area contributed by atoms with Crippen molar-refractivity contribution in [1.82, 2.24) is 10.2 Å². The van der Waals surface area contributed by atoms with Crippen LogP contribution in [0.1, 0.15) is 77.6 Å². The zero-order chi connectivity index (χ0) is 13.8. The third kappa shape index (κ3) is 3.76. The Labute approximate surface area is 125 Å². The SMILES string of the molecule is CCC1CCCCN1CC1(CNC2CC2)CCCCC1. The molecule has 0 aromatic heterocycles. The van der Waals surface area contributed by atoms with Crippen molar-refractivity contribution in [1.29, 1.82) is 0 Å². The molecule has 1 heterocycles. The zero-order valence-corrected chi connectivity index (χ0v) is 13.5. The van der Waals surface area contributed by atoms with Gasteiger partial charge in [0, 0.05) is 25.2 Å². The van der Waals surface area contributed by atoms with Crippen molar-refractivity contribution in [3.8, 4) is 0 Å². The van der Waals surface area contributed by atoms with Crippen LogP contribution in [0.4, 0.5) is 0 Å². The first kappa shape index (κ1) is 14.8. The Bertz CT molecular complexity index is 292. The van der Waals surface area contributed by atoms with E-state index in [-0.39, 0.29) is 0 Å². The highest BCUT2D eigenvalue weighted by Crippen LogP contribution is 2.39. The summed E-state index contributed by atoms with van der Waals surface area (Å²) < 4.78 is 0. The average molecular weight is 278 g/mol. The Morgan fingerprint density at radius 3 is 2.50 bits per heavy atom. The molecule has 1 unspecified atom stereocenters. The molecule has 2 aliphatic carbocycles. The molecule has 0 spiro atoms. The van der Waals surface area contributed by atoms with Crippen LogP contribution in [0, 0.1) is 5.41 Å². The minimum absolute atomic E-state index is 0.603. The van der Waals surface area contributed by atoms with Crippen LogP contribution in [-0.2, 0) is 0 Å². The van der Waals surface area contributed by atoms with Crippen molar-refractivity contribution in [2.75, 3.05) is 19.6 Å². The van der Waals surface area contributed by atoms with Gasteiger partial charge in [-0.2, -0.15) is 0 Å². The predicted octanol–water partition coefficient (Wildman–Crippen LogP) is 3.95. The van der Waals surface area contributed by atoms with E-state index in [0.717, 1.165) is 12.1 Å². The molecular weight excluding hydrogens is 244 g/mol. The van der Waals surface area contributed by atoms with E-state index in [1.54, 1.807) is 0 Å². The van der Waals surface area contributed by atoms with Gasteiger partial charge < -0.3 is 5.32 Å². The molecule has 1 N–H and O–H groups in total. The van der Waals surface area contributed by atoms with Gasteiger partial charge in [0.2, 0.25) is 0 Å². The minimum atomic E-state index is 0.603. The summed E-state index contributed by atoms with van der Waals surface area (Å²) in [7, 11) is 0. The van der Waals surface area contributed by atoms with Crippen LogP contribution in [-0.4, -0.2) is 36.6 Å². The van der Waals surface area contributed by atoms with Gasteiger partial charge in [-0.05, 0) is 56.9 Å². The smallest absolute Gasteiger partial charge is 0.00928 e. The number of nitrogens with one attached hydrogen (secondary N) is 1. The topological polar surface area (TPSA) is 15.3 Å². The third-order valence-electron chi connectivity index (χ3n) is 6.02. The molecule has 3 aliphatic rings. The summed E-state index contributed by atoms with van der Waals surface area (Å²) in [6, 6.07) is 1.75. The van der Waals surface area contributed by atoms with E-state index in [0.29, 0.717) is 5.41 Å². The van der Waals surface area contributed by atoms with Gasteiger partial charge in [0.15, 0.2) is 0 Å². The third-order valence-corrected chi connectivity index (χ3v) is 6.02. The lowest BCUT2D eigenvalue weighted by atomic mass is 9.73. The van der Waals surface area contributed by atoms with Crippen molar-refractivity contribution in [2.45, 2.75) is 89.6 Å². The number of rotatable bonds is 6. The molecule has 0 bridgehead atoms. The minimum Gasteiger partial charge on any atom is -0.313 e. The molecule has 2 saturated carbocycles. The summed E-state index contributed by atoms with van der Waals surface area (Å²) >= 11 is 0. The molecule has 0 aromatic carbocycles. The lowest BCUT2D eigenvalue weighted by molar-refractivity contribution is 0.0531. The Morgan fingerprint density at radius 1 is 1.00 bits per heavy atom. The molecule has 116 valence electrons. The predicted molar refractivity (Wildman–Crippen MR) is 86.0 cm³/mol. The molecule has 1 saturated heterocycles. The Morgan fingerprint density at radius 2 is 1.80 bits per heavy atom. The highest BCUT2D eigenvalue weighted by molar-refractivity contribution is 4.93. The molecule has 3 fully saturated rings. The molecule has 3 rings (SSSR count). The van der Waals surface area contributed by atoms with Crippen molar-refractivity contribution in [2.24, 2.45) is 5.41 Å². The fourth-order valence-corrected chi connectivity index (χ4v) is 4.50. The first-order valence-electron chi connectivity index (χ1n) is 9.29. The Kier molecular flexibility index (Phi) is 5.04. The maximum atomic E-state index is 3.86. The standard InChI is InChI=1S/C18H34N2/c1-2-17-8-4-7-13-20(17)15-18(11-5-3-6-12-18)14-19-16-9-10-16/h16-17,19H,2-15H2,1H3. The maximum Gasteiger partial charge on any atom is 0.00928 e. The molecule has 2 nitrogen and oxygen atoms in total. The summed E-state index contributed by atoms with van der Waals surface area (Å²) in [5.41, 5.74) is 0.603. The lowest BCUT2D eigenvalue weighted by Crippen LogP contribution is -2.50. The quantitative estimate of drug-likeness (QED) is 0.791. The highest BCUT2D eigenvalue weighted by atomic mass is 15.2. The van der Waals surface area contributed by atoms with Gasteiger partial charge in [-0.3, -0.25) is 4.90 Å². The van der Waals surface area contributed by atoms with E-state index in [9.17, 15) is 0 Å². The van der Waals surface area contributed by atoms with Crippen molar-refractivity contribution in [3.05, 3.63) is 0 Å². The van der Waals surface area contributed by atoms with E-state index in [2.05, 4.69) is 17.1 Å². The molecule has 20 heavy (non-hydrogen) atoms. The Balaban J connectivity index is 1.61. The number of piperidine rings is 1. The molecule has 1 atom stereocenters. The van der Waals surface area contributed by atoms with Gasteiger partial charge in [0.25, 0.3) is 0 Å². The summed E-state index contributed by atoms with van der Waals surface area (Å²) in [4.78, 5) is 2.86. The summed E-state index contributed by atoms with van der Waals surface area (Å²) in [5.74, 6) is 0. The normalized spacial score (nSPS) is 31.4. The number of likely N-dealkylation sites (tertiary alicyclic amines) is 1. The van der Waals surface area contributed by atoms with Crippen LogP contribution in [0.2, 0.25) is 0 Å². The van der Waals surface area contributed by atoms with Crippen LogP contribution < -0.4 is 5.32 Å². The van der Waals surface area contributed by atoms with Crippen LogP contribution in [0.3, 0.4) is 0 Å². The first-order valence-corrected chi connectivity index (χ1v) is 9.29. The average Bonchev–Trinajstić information content (AvgIpc) is 3.31. The monoisotopic (exact) mass is 278 g/mol. The number of hydrogen-bond donors (Lipinski definition) is 1. The largest absolute Gasteiger partial charge is 0.313 e. The van der Waals surface area contributed by atoms with E-state index in [1.807, 2.05) is 0 Å². The molecule has 0 aromatic rings. The lowest BCUT2D eigenvalue weighted by Gasteiger charge is -2.45. The van der Waals surface area contributed by atoms with Crippen molar-refractivity contribution >= 4 is 0 Å². The van der Waals surface area contributed by atoms with Gasteiger partial charge in [0.05, 0.1) is 0 Å². The maximum absolute atomic E-state index is 3.86. The summed E-state index contributed by atoms with van der Waals surface area (Å²) in [6.07, 6.45) is 15.9. The van der Waals surface area contributed by atoms with Gasteiger partial charge in [0.1, 0.15) is 0 Å². The number of nitrogens with zero attached hydrogens (tertiary/aromatic N) is 1. The van der Waals surface area contributed by atoms with Gasteiger partial charge in [-0.1, -0.05) is 32.6 Å². The second-order valence-electron chi connectivity index (χ2n) is 7.74. The van der Waals surface area contributed by atoms with Crippen LogP contribution in [0.25, 0.3) is 0 Å². The van der Waals surface area contributed by atoms with E-state index in [1.165, 1.54) is 90.3 Å². The van der Waals surface area contributed by atoms with Crippen molar-refractivity contribution in [3.63, 3.8) is 0 Å². The second kappa shape index (κ2) is 6.79. The zero-order valence-electron chi connectivity index (χ0n) is 13.5. The fourth-order valence-electron chi connectivity index (χ4n) is 4.50. The first-order chi connectivity index (χ1) is 9.81. The van der Waals surface area contributed by atoms with E-state index < -0.39 is 0 Å². The van der Waals surface area contributed by atoms with Gasteiger partial charge >= 0.3 is 0 Å². The fraction of sp³-hybridized carbons (Fsp3) is 1.00. The molecule has 0 amide bonds. The van der Waals surface area contributed by atoms with Crippen LogP contribution in [0.15, 0.2) is 0 Å². The van der Waals surface area contributed by atoms with Crippen LogP contribution >= 0.6 is 0 Å². The van der Waals surface area contributed by atoms with Gasteiger partial charge in [-0.15, -0.1) is 0 Å². The van der Waals surface area contributed by atoms with Crippen molar-refractivity contribution < 1.29 is 0 Å². The Hall–Kier alpha value is -0.0800. The van der Waals surface area contributed by atoms with Gasteiger partial charge in [-0.25, -0.2) is 0 Å². The second-order valence-corrected chi connectivity index (χ2v) is 7.74. The van der Waals surface area contributed by atoms with E-state index >= 15 is 0 Å². The van der Waals surface area contributed by atoms with E-state index in [4.69, 9.17) is 0 Å². The number of hydrogen-bond acceptors (Lipinski definition) is 2. The highest BCUT2D eigenvalue weighted by Gasteiger charge is 2.37. The summed E-state index contributed by atoms with van der Waals surface area (Å²) in [5, 5.41) is 3.86. The molecule has 0 radical (unpaired) electrons.